The lowest BCUT2D eigenvalue weighted by Crippen LogP contribution is -2.30. The quantitative estimate of drug-likeness (QED) is 0.555. The molecule has 35 heavy (non-hydrogen) atoms. The molecule has 0 unspecified atom stereocenters. The zero-order valence-corrected chi connectivity index (χ0v) is 20.0. The predicted molar refractivity (Wildman–Crippen MR) is 137 cm³/mol. The summed E-state index contributed by atoms with van der Waals surface area (Å²) in [5, 5.41) is 7.13. The van der Waals surface area contributed by atoms with Crippen molar-refractivity contribution < 1.29 is 9.58 Å². The van der Waals surface area contributed by atoms with E-state index in [4.69, 9.17) is 0 Å². The molecule has 3 aliphatic heterocycles. The van der Waals surface area contributed by atoms with Gasteiger partial charge in [-0.1, -0.05) is 23.7 Å². The van der Waals surface area contributed by atoms with Crippen molar-refractivity contribution >= 4 is 35.3 Å². The predicted octanol–water partition coefficient (Wildman–Crippen LogP) is 3.16. The van der Waals surface area contributed by atoms with Crippen LogP contribution in [-0.4, -0.2) is 51.6 Å². The van der Waals surface area contributed by atoms with Crippen LogP contribution >= 0.6 is 0 Å². The number of fused-ring (bicyclic) bond motifs is 1. The first-order valence-corrected chi connectivity index (χ1v) is 12.0. The average Bonchev–Trinajstić information content (AvgIpc) is 3.30. The topological polar surface area (TPSA) is 89.0 Å². The van der Waals surface area contributed by atoms with Gasteiger partial charge in [-0.25, -0.2) is 9.65 Å². The first kappa shape index (κ1) is 22.4. The number of hydrogen-bond donors (Lipinski definition) is 1. The van der Waals surface area contributed by atoms with Crippen LogP contribution in [0.5, 0.6) is 0 Å². The number of aromatic nitrogens is 1. The number of carbonyl (C=O) groups excluding carboxylic acids is 1. The summed E-state index contributed by atoms with van der Waals surface area (Å²) in [5.74, 6) is 8.13. The maximum atomic E-state index is 12.9. The number of amides is 1. The van der Waals surface area contributed by atoms with Crippen molar-refractivity contribution in [3.8, 4) is 11.8 Å². The van der Waals surface area contributed by atoms with Crippen molar-refractivity contribution in [1.82, 2.24) is 14.6 Å². The highest BCUT2D eigenvalue weighted by Crippen LogP contribution is 2.24. The van der Waals surface area contributed by atoms with Crippen molar-refractivity contribution in [2.75, 3.05) is 23.3 Å². The number of allylic oxidation sites excluding steroid dienone is 1. The molecule has 5 rings (SSSR count). The van der Waals surface area contributed by atoms with E-state index in [2.05, 4.69) is 41.6 Å². The second kappa shape index (κ2) is 9.82. The number of carbonyl (C=O) groups is 1. The largest absolute Gasteiger partial charge is 0.469 e. The molecule has 0 atom stereocenters. The molecule has 1 aromatic carbocycles. The van der Waals surface area contributed by atoms with Gasteiger partial charge in [0.2, 0.25) is 5.71 Å². The number of benzene rings is 1. The normalized spacial score (nSPS) is 16.1. The second-order valence-corrected chi connectivity index (χ2v) is 8.68. The monoisotopic (exact) mass is 465 g/mol. The van der Waals surface area contributed by atoms with Gasteiger partial charge in [-0.05, 0) is 56.0 Å². The number of amidine groups is 1. The molecular weight excluding hydrogens is 438 g/mol. The first-order chi connectivity index (χ1) is 17.1. The Morgan fingerprint density at radius 1 is 1.17 bits per heavy atom. The molecule has 3 aliphatic rings. The van der Waals surface area contributed by atoms with E-state index in [1.165, 1.54) is 19.3 Å². The SMILES string of the molecule is CCC1=[N+]=CN2C(=C1)N=[N+]=C2C#Cc1cccc(C(=O)Nc2cnc(N3CCCCC3)c(C)c2)c1. The lowest BCUT2D eigenvalue weighted by molar-refractivity contribution is -0.0718. The van der Waals surface area contributed by atoms with E-state index in [9.17, 15) is 4.79 Å². The number of rotatable bonds is 4. The Morgan fingerprint density at radius 3 is 2.83 bits per heavy atom. The molecule has 1 N–H and O–H groups in total. The third kappa shape index (κ3) is 4.92. The minimum atomic E-state index is -0.204. The Morgan fingerprint density at radius 2 is 2.03 bits per heavy atom. The molecule has 0 radical (unpaired) electrons. The van der Waals surface area contributed by atoms with Gasteiger partial charge in [0.15, 0.2) is 0 Å². The molecule has 0 spiro atoms. The third-order valence-corrected chi connectivity index (χ3v) is 6.13. The molecule has 0 aliphatic carbocycles. The molecule has 4 heterocycles. The van der Waals surface area contributed by atoms with Crippen LogP contribution in [-0.2, 0) is 0 Å². The summed E-state index contributed by atoms with van der Waals surface area (Å²) < 4.78 is 4.38. The number of piperidine rings is 1. The van der Waals surface area contributed by atoms with Gasteiger partial charge >= 0.3 is 12.2 Å². The van der Waals surface area contributed by atoms with Crippen LogP contribution in [0, 0.1) is 18.8 Å². The number of anilines is 2. The molecule has 1 saturated heterocycles. The Balaban J connectivity index is 1.27. The van der Waals surface area contributed by atoms with E-state index < -0.39 is 0 Å². The Bertz CT molecular complexity index is 1410. The minimum Gasteiger partial charge on any atom is -0.356 e. The third-order valence-electron chi connectivity index (χ3n) is 6.13. The number of aryl methyl sites for hydroxylation is 1. The molecule has 0 bridgehead atoms. The van der Waals surface area contributed by atoms with Crippen LogP contribution in [0.3, 0.4) is 0 Å². The van der Waals surface area contributed by atoms with Crippen LogP contribution in [0.1, 0.15) is 54.1 Å². The molecule has 0 saturated carbocycles. The lowest BCUT2D eigenvalue weighted by Gasteiger charge is -2.29. The molecular formula is C27H27N7O+2. The fourth-order valence-corrected chi connectivity index (χ4v) is 4.25. The van der Waals surface area contributed by atoms with Crippen molar-refractivity contribution in [2.45, 2.75) is 39.5 Å². The van der Waals surface area contributed by atoms with E-state index in [0.29, 0.717) is 28.5 Å². The second-order valence-electron chi connectivity index (χ2n) is 8.68. The number of hydrogen-bond acceptors (Lipinski definition) is 5. The molecule has 2 aromatic rings. The van der Waals surface area contributed by atoms with Crippen LogP contribution in [0.4, 0.5) is 11.5 Å². The zero-order valence-electron chi connectivity index (χ0n) is 20.0. The van der Waals surface area contributed by atoms with E-state index in [0.717, 1.165) is 36.6 Å². The van der Waals surface area contributed by atoms with Crippen molar-refractivity contribution in [2.24, 2.45) is 5.11 Å². The summed E-state index contributed by atoms with van der Waals surface area (Å²) in [4.78, 5) is 25.8. The number of nitrogens with one attached hydrogen (secondary N) is 1. The van der Waals surface area contributed by atoms with Gasteiger partial charge in [-0.3, -0.25) is 4.79 Å². The standard InChI is InChI=1S/C27H26N7O/c1-3-22-16-25-32-31-24(34(25)18-29-22)11-10-20-8-7-9-21(15-20)27(35)30-23-14-19(2)26(28-17-23)33-12-5-4-6-13-33/h7-9,14-18H,3-6,12-13H2,1-2H3/q+1/p+1. The van der Waals surface area contributed by atoms with Gasteiger partial charge in [0, 0.05) is 36.6 Å². The number of pyridine rings is 1. The molecule has 1 fully saturated rings. The van der Waals surface area contributed by atoms with E-state index in [1.54, 1.807) is 29.6 Å². The molecule has 174 valence electrons. The molecule has 8 nitrogen and oxygen atoms in total. The molecule has 1 amide bonds. The highest BCUT2D eigenvalue weighted by molar-refractivity contribution is 6.07. The zero-order chi connectivity index (χ0) is 24.2. The Hall–Kier alpha value is -4.43. The smallest absolute Gasteiger partial charge is 0.356 e. The fraction of sp³-hybridized carbons (Fsp3) is 0.296. The van der Waals surface area contributed by atoms with Gasteiger partial charge in [0.05, 0.1) is 23.1 Å². The van der Waals surface area contributed by atoms with Crippen LogP contribution in [0.15, 0.2) is 53.5 Å². The summed E-state index contributed by atoms with van der Waals surface area (Å²) in [6.45, 7) is 6.15. The van der Waals surface area contributed by atoms with Crippen LogP contribution < -0.4 is 14.9 Å². The van der Waals surface area contributed by atoms with Gasteiger partial charge in [0.25, 0.3) is 11.7 Å². The molecule has 8 heteroatoms. The van der Waals surface area contributed by atoms with Crippen LogP contribution in [0.2, 0.25) is 0 Å². The summed E-state index contributed by atoms with van der Waals surface area (Å²) in [7, 11) is 0. The summed E-state index contributed by atoms with van der Waals surface area (Å²) in [6, 6.07) is 9.19. The highest BCUT2D eigenvalue weighted by atomic mass is 16.1. The van der Waals surface area contributed by atoms with Crippen LogP contribution in [0.25, 0.3) is 0 Å². The van der Waals surface area contributed by atoms with Crippen molar-refractivity contribution in [1.29, 1.82) is 0 Å². The van der Waals surface area contributed by atoms with E-state index in [-0.39, 0.29) is 5.91 Å². The average molecular weight is 466 g/mol. The first-order valence-electron chi connectivity index (χ1n) is 12.0. The van der Waals surface area contributed by atoms with Crippen molar-refractivity contribution in [3.05, 3.63) is 65.1 Å². The van der Waals surface area contributed by atoms with Gasteiger partial charge in [-0.15, -0.1) is 4.90 Å². The molecule has 1 aromatic heterocycles. The Kier molecular flexibility index (Phi) is 6.28. The minimum absolute atomic E-state index is 0.204. The summed E-state index contributed by atoms with van der Waals surface area (Å²) in [5.41, 5.74) is 3.93. The van der Waals surface area contributed by atoms with Gasteiger partial charge < -0.3 is 10.2 Å². The van der Waals surface area contributed by atoms with E-state index in [1.807, 2.05) is 38.1 Å². The maximum Gasteiger partial charge on any atom is 0.469 e. The summed E-state index contributed by atoms with van der Waals surface area (Å²) >= 11 is 0. The lowest BCUT2D eigenvalue weighted by atomic mass is 10.1. The Labute approximate surface area is 204 Å². The summed E-state index contributed by atoms with van der Waals surface area (Å²) in [6.07, 6.45) is 9.82. The fourth-order valence-electron chi connectivity index (χ4n) is 4.25. The maximum absolute atomic E-state index is 12.9. The number of nitrogens with zero attached hydrogens (tertiary/aromatic N) is 6. The van der Waals surface area contributed by atoms with Crippen molar-refractivity contribution in [3.63, 3.8) is 0 Å². The van der Waals surface area contributed by atoms with Gasteiger partial charge in [-0.2, -0.15) is 0 Å². The van der Waals surface area contributed by atoms with E-state index >= 15 is 0 Å². The van der Waals surface area contributed by atoms with Gasteiger partial charge in [0.1, 0.15) is 5.82 Å². The highest BCUT2D eigenvalue weighted by Gasteiger charge is 2.35.